The number of halogens is 1. The number of para-hydroxylation sites is 1. The van der Waals surface area contributed by atoms with Crippen molar-refractivity contribution in [3.05, 3.63) is 59.5 Å². The summed E-state index contributed by atoms with van der Waals surface area (Å²) in [4.78, 5) is 16.5. The molecule has 0 saturated carbocycles. The second-order valence-corrected chi connectivity index (χ2v) is 7.52. The van der Waals surface area contributed by atoms with E-state index in [9.17, 15) is 4.79 Å². The maximum atomic E-state index is 12.1. The standard InChI is InChI=1S/C21H24ClN7O/c1-23-21(30)16-4-2-3-5-18(16)28-19-10-20(25-12-17(19)22)27-14-11-26-29(13-14)15-6-8-24-9-7-15/h2-5,10-13,15,24H,6-9H2,1H3,(H,23,30)(H2,25,27,28). The molecule has 0 atom stereocenters. The number of carbonyl (C=O) groups is 1. The van der Waals surface area contributed by atoms with Crippen molar-refractivity contribution in [1.82, 2.24) is 25.4 Å². The van der Waals surface area contributed by atoms with E-state index < -0.39 is 0 Å². The Balaban J connectivity index is 1.52. The summed E-state index contributed by atoms with van der Waals surface area (Å²) >= 11 is 6.34. The first-order valence-electron chi connectivity index (χ1n) is 9.89. The van der Waals surface area contributed by atoms with E-state index in [0.717, 1.165) is 31.6 Å². The molecule has 0 unspecified atom stereocenters. The van der Waals surface area contributed by atoms with Crippen molar-refractivity contribution >= 4 is 40.4 Å². The monoisotopic (exact) mass is 425 g/mol. The van der Waals surface area contributed by atoms with Gasteiger partial charge in [0.15, 0.2) is 0 Å². The molecule has 156 valence electrons. The number of carbonyl (C=O) groups excluding carboxylic acids is 1. The van der Waals surface area contributed by atoms with Gasteiger partial charge in [0, 0.05) is 19.3 Å². The summed E-state index contributed by atoms with van der Waals surface area (Å²) in [6.45, 7) is 2.02. The van der Waals surface area contributed by atoms with Gasteiger partial charge in [0.1, 0.15) is 5.82 Å². The molecule has 2 aromatic heterocycles. The topological polar surface area (TPSA) is 95.9 Å². The molecule has 1 amide bonds. The molecule has 0 radical (unpaired) electrons. The zero-order chi connectivity index (χ0) is 20.9. The lowest BCUT2D eigenvalue weighted by Crippen LogP contribution is -2.29. The Morgan fingerprint density at radius 1 is 1.17 bits per heavy atom. The highest BCUT2D eigenvalue weighted by Crippen LogP contribution is 2.30. The minimum absolute atomic E-state index is 0.174. The fraction of sp³-hybridized carbons (Fsp3) is 0.286. The second kappa shape index (κ2) is 9.15. The molecule has 0 spiro atoms. The third-order valence-corrected chi connectivity index (χ3v) is 5.38. The van der Waals surface area contributed by atoms with Crippen molar-refractivity contribution in [1.29, 1.82) is 0 Å². The molecule has 1 aliphatic rings. The summed E-state index contributed by atoms with van der Waals surface area (Å²) in [5.41, 5.74) is 2.71. The fourth-order valence-corrected chi connectivity index (χ4v) is 3.64. The molecule has 3 heterocycles. The van der Waals surface area contributed by atoms with Crippen molar-refractivity contribution < 1.29 is 4.79 Å². The molecule has 1 saturated heterocycles. The second-order valence-electron chi connectivity index (χ2n) is 7.11. The van der Waals surface area contributed by atoms with Crippen LogP contribution in [0.5, 0.6) is 0 Å². The average Bonchev–Trinajstić information content (AvgIpc) is 3.25. The van der Waals surface area contributed by atoms with Crippen molar-refractivity contribution in [2.24, 2.45) is 0 Å². The Morgan fingerprint density at radius 3 is 2.77 bits per heavy atom. The summed E-state index contributed by atoms with van der Waals surface area (Å²) in [7, 11) is 1.60. The van der Waals surface area contributed by atoms with Crippen molar-refractivity contribution in [3.63, 3.8) is 0 Å². The third-order valence-electron chi connectivity index (χ3n) is 5.08. The molecule has 30 heavy (non-hydrogen) atoms. The lowest BCUT2D eigenvalue weighted by molar-refractivity contribution is 0.0964. The third kappa shape index (κ3) is 4.55. The molecule has 1 aromatic carbocycles. The van der Waals surface area contributed by atoms with Gasteiger partial charge in [-0.15, -0.1) is 0 Å². The van der Waals surface area contributed by atoms with Crippen LogP contribution < -0.4 is 21.3 Å². The van der Waals surface area contributed by atoms with Crippen molar-refractivity contribution in [2.45, 2.75) is 18.9 Å². The van der Waals surface area contributed by atoms with Gasteiger partial charge in [-0.25, -0.2) is 4.98 Å². The van der Waals surface area contributed by atoms with Crippen LogP contribution in [0.25, 0.3) is 0 Å². The molecule has 0 bridgehead atoms. The van der Waals surface area contributed by atoms with Crippen LogP contribution in [-0.2, 0) is 0 Å². The van der Waals surface area contributed by atoms with E-state index in [4.69, 9.17) is 11.6 Å². The minimum atomic E-state index is -0.174. The number of hydrogen-bond acceptors (Lipinski definition) is 6. The van der Waals surface area contributed by atoms with Gasteiger partial charge in [0.2, 0.25) is 0 Å². The average molecular weight is 426 g/mol. The number of hydrogen-bond donors (Lipinski definition) is 4. The highest BCUT2D eigenvalue weighted by atomic mass is 35.5. The normalized spacial score (nSPS) is 14.3. The highest BCUT2D eigenvalue weighted by molar-refractivity contribution is 6.33. The highest BCUT2D eigenvalue weighted by Gasteiger charge is 2.16. The van der Waals surface area contributed by atoms with Crippen LogP contribution in [0.3, 0.4) is 0 Å². The van der Waals surface area contributed by atoms with Crippen molar-refractivity contribution in [2.75, 3.05) is 30.8 Å². The molecule has 9 heteroatoms. The Morgan fingerprint density at radius 2 is 1.97 bits per heavy atom. The Labute approximate surface area is 180 Å². The number of anilines is 4. The summed E-state index contributed by atoms with van der Waals surface area (Å²) in [5, 5.41) is 17.5. The zero-order valence-corrected chi connectivity index (χ0v) is 17.4. The van der Waals surface area contributed by atoms with Crippen LogP contribution >= 0.6 is 11.6 Å². The van der Waals surface area contributed by atoms with Gasteiger partial charge in [-0.1, -0.05) is 23.7 Å². The SMILES string of the molecule is CNC(=O)c1ccccc1Nc1cc(Nc2cnn(C3CCNCC3)c2)ncc1Cl. The number of benzene rings is 1. The van der Waals surface area contributed by atoms with E-state index >= 15 is 0 Å². The van der Waals surface area contributed by atoms with Gasteiger partial charge >= 0.3 is 0 Å². The van der Waals surface area contributed by atoms with Crippen LogP contribution in [0.1, 0.15) is 29.2 Å². The fourth-order valence-electron chi connectivity index (χ4n) is 3.49. The first kappa shape index (κ1) is 20.2. The van der Waals surface area contributed by atoms with Crippen LogP contribution in [-0.4, -0.2) is 40.8 Å². The number of nitrogens with zero attached hydrogens (tertiary/aromatic N) is 3. The van der Waals surface area contributed by atoms with Gasteiger partial charge in [-0.3, -0.25) is 9.48 Å². The van der Waals surface area contributed by atoms with E-state index in [1.807, 2.05) is 35.1 Å². The van der Waals surface area contributed by atoms with Crippen LogP contribution in [0.4, 0.5) is 22.9 Å². The molecular weight excluding hydrogens is 402 g/mol. The summed E-state index contributed by atoms with van der Waals surface area (Å²) < 4.78 is 2.01. The van der Waals surface area contributed by atoms with E-state index in [1.54, 1.807) is 25.5 Å². The van der Waals surface area contributed by atoms with Crippen molar-refractivity contribution in [3.8, 4) is 0 Å². The molecule has 0 aliphatic carbocycles. The number of aromatic nitrogens is 3. The van der Waals surface area contributed by atoms with E-state index in [1.165, 1.54) is 0 Å². The molecule has 4 rings (SSSR count). The molecule has 1 fully saturated rings. The van der Waals surface area contributed by atoms with Gasteiger partial charge in [0.25, 0.3) is 5.91 Å². The quantitative estimate of drug-likeness (QED) is 0.481. The van der Waals surface area contributed by atoms with Gasteiger partial charge in [0.05, 0.1) is 46.1 Å². The van der Waals surface area contributed by atoms with E-state index in [0.29, 0.717) is 33.8 Å². The number of nitrogens with one attached hydrogen (secondary N) is 4. The summed E-state index contributed by atoms with van der Waals surface area (Å²) in [5.74, 6) is 0.455. The Kier molecular flexibility index (Phi) is 6.15. The van der Waals surface area contributed by atoms with Crippen LogP contribution in [0.15, 0.2) is 48.9 Å². The largest absolute Gasteiger partial charge is 0.355 e. The minimum Gasteiger partial charge on any atom is -0.355 e. The summed E-state index contributed by atoms with van der Waals surface area (Å²) in [6.07, 6.45) is 7.51. The molecule has 1 aliphatic heterocycles. The maximum absolute atomic E-state index is 12.1. The zero-order valence-electron chi connectivity index (χ0n) is 16.7. The summed E-state index contributed by atoms with van der Waals surface area (Å²) in [6, 6.07) is 9.49. The first-order chi connectivity index (χ1) is 14.6. The van der Waals surface area contributed by atoms with E-state index in [2.05, 4.69) is 31.3 Å². The smallest absolute Gasteiger partial charge is 0.253 e. The lowest BCUT2D eigenvalue weighted by Gasteiger charge is -2.22. The van der Waals surface area contributed by atoms with Gasteiger partial charge in [-0.05, 0) is 38.1 Å². The lowest BCUT2D eigenvalue weighted by atomic mass is 10.1. The van der Waals surface area contributed by atoms with E-state index in [-0.39, 0.29) is 5.91 Å². The number of pyridine rings is 1. The predicted molar refractivity (Wildman–Crippen MR) is 119 cm³/mol. The predicted octanol–water partition coefficient (Wildman–Crippen LogP) is 3.70. The molecule has 3 aromatic rings. The first-order valence-corrected chi connectivity index (χ1v) is 10.3. The van der Waals surface area contributed by atoms with Crippen LogP contribution in [0, 0.1) is 0 Å². The molecule has 4 N–H and O–H groups in total. The number of rotatable bonds is 6. The Hall–Kier alpha value is -3.10. The molecule has 8 nitrogen and oxygen atoms in total. The number of piperidine rings is 1. The Bertz CT molecular complexity index is 1030. The van der Waals surface area contributed by atoms with Gasteiger partial charge in [-0.2, -0.15) is 5.10 Å². The molecular formula is C21H24ClN7O. The van der Waals surface area contributed by atoms with Crippen LogP contribution in [0.2, 0.25) is 5.02 Å². The van der Waals surface area contributed by atoms with Gasteiger partial charge < -0.3 is 21.3 Å². The maximum Gasteiger partial charge on any atom is 0.253 e. The number of amides is 1.